The molecule has 0 saturated heterocycles. The smallest absolute Gasteiger partial charge is 0.227 e. The van der Waals surface area contributed by atoms with Crippen LogP contribution in [-0.2, 0) is 11.2 Å². The van der Waals surface area contributed by atoms with Crippen LogP contribution in [0, 0.1) is 12.3 Å². The first-order valence-electron chi connectivity index (χ1n) is 5.16. The third kappa shape index (κ3) is 3.32. The van der Waals surface area contributed by atoms with Gasteiger partial charge in [0.25, 0.3) is 0 Å². The molecule has 3 heteroatoms. The summed E-state index contributed by atoms with van der Waals surface area (Å²) in [6, 6.07) is 6.61. The molecule has 0 unspecified atom stereocenters. The maximum Gasteiger partial charge on any atom is 0.227 e. The van der Waals surface area contributed by atoms with Crippen molar-refractivity contribution in [2.45, 2.75) is 13.3 Å². The first-order chi connectivity index (χ1) is 7.67. The normalized spacial score (nSPS) is 9.50. The number of carbonyl (C=O) groups excluding carboxylic acids is 1. The lowest BCUT2D eigenvalue weighted by Gasteiger charge is -2.17. The number of hydrogen-bond acceptors (Lipinski definition) is 2. The first-order valence-corrected chi connectivity index (χ1v) is 5.16. The van der Waals surface area contributed by atoms with Crippen molar-refractivity contribution in [3.8, 4) is 18.1 Å². The fourth-order valence-corrected chi connectivity index (χ4v) is 1.39. The highest BCUT2D eigenvalue weighted by Gasteiger charge is 2.10. The molecule has 0 aromatic heterocycles. The zero-order chi connectivity index (χ0) is 12.0. The van der Waals surface area contributed by atoms with E-state index < -0.39 is 0 Å². The molecule has 16 heavy (non-hydrogen) atoms. The zero-order valence-corrected chi connectivity index (χ0v) is 9.31. The fourth-order valence-electron chi connectivity index (χ4n) is 1.39. The van der Waals surface area contributed by atoms with Gasteiger partial charge in [-0.2, -0.15) is 0 Å². The third-order valence-corrected chi connectivity index (χ3v) is 2.31. The molecule has 0 aliphatic heterocycles. The molecule has 1 N–H and O–H groups in total. The summed E-state index contributed by atoms with van der Waals surface area (Å²) in [4.78, 5) is 13.4. The van der Waals surface area contributed by atoms with Crippen molar-refractivity contribution >= 4 is 5.91 Å². The van der Waals surface area contributed by atoms with Crippen molar-refractivity contribution in [3.05, 3.63) is 29.8 Å². The van der Waals surface area contributed by atoms with Crippen LogP contribution in [0.3, 0.4) is 0 Å². The summed E-state index contributed by atoms with van der Waals surface area (Å²) in [5.41, 5.74) is 0.873. The standard InChI is InChI=1S/C13H15NO2/c1-3-9-14(4-2)13(16)10-11-5-7-12(15)8-6-11/h1,5-8,15H,4,9-10H2,2H3. The van der Waals surface area contributed by atoms with Gasteiger partial charge in [0.1, 0.15) is 5.75 Å². The van der Waals surface area contributed by atoms with Gasteiger partial charge < -0.3 is 10.0 Å². The molecule has 0 atom stereocenters. The highest BCUT2D eigenvalue weighted by molar-refractivity contribution is 5.79. The Morgan fingerprint density at radius 3 is 2.56 bits per heavy atom. The Morgan fingerprint density at radius 2 is 2.06 bits per heavy atom. The molecule has 1 aromatic rings. The Kier molecular flexibility index (Phi) is 4.41. The Hall–Kier alpha value is -1.95. The molecule has 0 fully saturated rings. The minimum atomic E-state index is 0.00568. The Morgan fingerprint density at radius 1 is 1.44 bits per heavy atom. The lowest BCUT2D eigenvalue weighted by molar-refractivity contribution is -0.129. The molecule has 0 bridgehead atoms. The van der Waals surface area contributed by atoms with Crippen molar-refractivity contribution in [3.63, 3.8) is 0 Å². The van der Waals surface area contributed by atoms with Crippen LogP contribution in [0.25, 0.3) is 0 Å². The highest BCUT2D eigenvalue weighted by atomic mass is 16.3. The predicted octanol–water partition coefficient (Wildman–Crippen LogP) is 1.42. The van der Waals surface area contributed by atoms with Gasteiger partial charge in [-0.05, 0) is 24.6 Å². The molecule has 0 heterocycles. The van der Waals surface area contributed by atoms with E-state index in [2.05, 4.69) is 5.92 Å². The van der Waals surface area contributed by atoms with Crippen LogP contribution in [0.2, 0.25) is 0 Å². The Balaban J connectivity index is 2.63. The quantitative estimate of drug-likeness (QED) is 0.775. The van der Waals surface area contributed by atoms with E-state index in [-0.39, 0.29) is 11.7 Å². The second-order valence-electron chi connectivity index (χ2n) is 3.46. The van der Waals surface area contributed by atoms with Crippen molar-refractivity contribution in [1.82, 2.24) is 4.90 Å². The molecule has 1 aromatic carbocycles. The number of terminal acetylenes is 1. The summed E-state index contributed by atoms with van der Waals surface area (Å²) in [6.07, 6.45) is 5.49. The number of aromatic hydroxyl groups is 1. The number of nitrogens with zero attached hydrogens (tertiary/aromatic N) is 1. The number of hydrogen-bond donors (Lipinski definition) is 1. The van der Waals surface area contributed by atoms with E-state index in [1.165, 1.54) is 0 Å². The van der Waals surface area contributed by atoms with Gasteiger partial charge in [-0.15, -0.1) is 6.42 Å². The molecule has 3 nitrogen and oxygen atoms in total. The largest absolute Gasteiger partial charge is 0.508 e. The molecule has 1 rings (SSSR count). The van der Waals surface area contributed by atoms with Gasteiger partial charge in [-0.1, -0.05) is 18.1 Å². The van der Waals surface area contributed by atoms with Crippen molar-refractivity contribution in [2.75, 3.05) is 13.1 Å². The molecule has 0 radical (unpaired) electrons. The van der Waals surface area contributed by atoms with Crippen LogP contribution in [0.15, 0.2) is 24.3 Å². The summed E-state index contributed by atoms with van der Waals surface area (Å²) in [5, 5.41) is 9.11. The van der Waals surface area contributed by atoms with Crippen LogP contribution in [0.5, 0.6) is 5.75 Å². The third-order valence-electron chi connectivity index (χ3n) is 2.31. The van der Waals surface area contributed by atoms with Crippen LogP contribution >= 0.6 is 0 Å². The summed E-state index contributed by atoms with van der Waals surface area (Å²) in [5.74, 6) is 2.67. The monoisotopic (exact) mass is 217 g/mol. The SMILES string of the molecule is C#CCN(CC)C(=O)Cc1ccc(O)cc1. The topological polar surface area (TPSA) is 40.5 Å². The molecular formula is C13H15NO2. The van der Waals surface area contributed by atoms with Gasteiger partial charge in [0, 0.05) is 6.54 Å². The Bertz CT molecular complexity index is 389. The number of rotatable bonds is 4. The van der Waals surface area contributed by atoms with Crippen LogP contribution in [-0.4, -0.2) is 29.0 Å². The molecule has 84 valence electrons. The van der Waals surface area contributed by atoms with Gasteiger partial charge in [0.05, 0.1) is 13.0 Å². The maximum absolute atomic E-state index is 11.8. The molecular weight excluding hydrogens is 202 g/mol. The van der Waals surface area contributed by atoms with Gasteiger partial charge in [-0.3, -0.25) is 4.79 Å². The number of phenolic OH excluding ortho intramolecular Hbond substituents is 1. The molecule has 0 saturated carbocycles. The summed E-state index contributed by atoms with van der Waals surface area (Å²) < 4.78 is 0. The number of likely N-dealkylation sites (N-methyl/N-ethyl adjacent to an activating group) is 1. The van der Waals surface area contributed by atoms with Crippen LogP contribution in [0.1, 0.15) is 12.5 Å². The average Bonchev–Trinajstić information content (AvgIpc) is 2.29. The fraction of sp³-hybridized carbons (Fsp3) is 0.308. The molecule has 0 aliphatic rings. The van der Waals surface area contributed by atoms with Crippen LogP contribution in [0.4, 0.5) is 0 Å². The lowest BCUT2D eigenvalue weighted by atomic mass is 10.1. The van der Waals surface area contributed by atoms with Gasteiger partial charge >= 0.3 is 0 Å². The summed E-state index contributed by atoms with van der Waals surface area (Å²) >= 11 is 0. The number of phenols is 1. The summed E-state index contributed by atoms with van der Waals surface area (Å²) in [7, 11) is 0. The minimum Gasteiger partial charge on any atom is -0.508 e. The second kappa shape index (κ2) is 5.82. The molecule has 0 aliphatic carbocycles. The molecule has 1 amide bonds. The van der Waals surface area contributed by atoms with Gasteiger partial charge in [0.15, 0.2) is 0 Å². The molecule has 0 spiro atoms. The Labute approximate surface area is 95.7 Å². The first kappa shape index (κ1) is 12.1. The van der Waals surface area contributed by atoms with Crippen molar-refractivity contribution in [1.29, 1.82) is 0 Å². The van der Waals surface area contributed by atoms with E-state index >= 15 is 0 Å². The number of carbonyl (C=O) groups is 1. The highest BCUT2D eigenvalue weighted by Crippen LogP contribution is 2.10. The summed E-state index contributed by atoms with van der Waals surface area (Å²) in [6.45, 7) is 2.85. The number of amides is 1. The lowest BCUT2D eigenvalue weighted by Crippen LogP contribution is -2.32. The average molecular weight is 217 g/mol. The van der Waals surface area contributed by atoms with Crippen molar-refractivity contribution in [2.24, 2.45) is 0 Å². The predicted molar refractivity (Wildman–Crippen MR) is 62.9 cm³/mol. The van der Waals surface area contributed by atoms with E-state index in [1.54, 1.807) is 29.2 Å². The zero-order valence-electron chi connectivity index (χ0n) is 9.31. The van der Waals surface area contributed by atoms with Gasteiger partial charge in [0.2, 0.25) is 5.91 Å². The van der Waals surface area contributed by atoms with E-state index in [1.807, 2.05) is 6.92 Å². The number of benzene rings is 1. The van der Waals surface area contributed by atoms with E-state index in [0.29, 0.717) is 19.5 Å². The van der Waals surface area contributed by atoms with E-state index in [9.17, 15) is 4.79 Å². The maximum atomic E-state index is 11.8. The van der Waals surface area contributed by atoms with Crippen LogP contribution < -0.4 is 0 Å². The van der Waals surface area contributed by atoms with Crippen molar-refractivity contribution < 1.29 is 9.90 Å². The second-order valence-corrected chi connectivity index (χ2v) is 3.46. The van der Waals surface area contributed by atoms with Gasteiger partial charge in [-0.25, -0.2) is 0 Å². The van der Waals surface area contributed by atoms with E-state index in [4.69, 9.17) is 11.5 Å². The van der Waals surface area contributed by atoms with E-state index in [0.717, 1.165) is 5.56 Å². The minimum absolute atomic E-state index is 0.00568.